The van der Waals surface area contributed by atoms with Crippen molar-refractivity contribution < 1.29 is 26.7 Å². The average molecular weight is 409 g/mol. The molecule has 0 radical (unpaired) electrons. The lowest BCUT2D eigenvalue weighted by molar-refractivity contribution is 0.102. The molecule has 0 saturated carbocycles. The number of aromatic nitrogens is 2. The highest BCUT2D eigenvalue weighted by Gasteiger charge is 2.27. The molecule has 0 aliphatic rings. The molecule has 3 aromatic rings. The first-order chi connectivity index (χ1) is 13.6. The lowest BCUT2D eigenvalue weighted by Gasteiger charge is -2.10. The Balaban J connectivity index is 1.93. The quantitative estimate of drug-likeness (QED) is 0.382. The zero-order valence-electron chi connectivity index (χ0n) is 15.7. The van der Waals surface area contributed by atoms with Crippen LogP contribution in [0.25, 0.3) is 0 Å². The minimum atomic E-state index is -2.22. The van der Waals surface area contributed by atoms with Gasteiger partial charge in [-0.1, -0.05) is 17.7 Å². The second kappa shape index (κ2) is 7.65. The summed E-state index contributed by atoms with van der Waals surface area (Å²) < 4.78 is 69.1. The second-order valence-corrected chi connectivity index (χ2v) is 6.57. The van der Waals surface area contributed by atoms with Crippen molar-refractivity contribution in [2.75, 3.05) is 5.32 Å². The molecular weight excluding hydrogens is 393 g/mol. The fourth-order valence-electron chi connectivity index (χ4n) is 2.86. The number of hydrogen-bond acceptors (Lipinski definition) is 2. The summed E-state index contributed by atoms with van der Waals surface area (Å²) in [4.78, 5) is 12.4. The summed E-state index contributed by atoms with van der Waals surface area (Å²) in [7, 11) is 0. The summed E-state index contributed by atoms with van der Waals surface area (Å²) in [6.45, 7) is 4.24. The van der Waals surface area contributed by atoms with E-state index in [2.05, 4.69) is 10.4 Å². The van der Waals surface area contributed by atoms with Crippen molar-refractivity contribution in [3.8, 4) is 0 Å². The molecule has 9 heteroatoms. The molecule has 0 fully saturated rings. The summed E-state index contributed by atoms with van der Waals surface area (Å²) in [6, 6.07) is 6.80. The van der Waals surface area contributed by atoms with E-state index in [0.29, 0.717) is 22.6 Å². The molecule has 4 nitrogen and oxygen atoms in total. The normalized spacial score (nSPS) is 11.0. The first kappa shape index (κ1) is 20.5. The van der Waals surface area contributed by atoms with Crippen LogP contribution in [-0.4, -0.2) is 15.7 Å². The molecule has 1 aromatic heterocycles. The number of halogens is 5. The Morgan fingerprint density at radius 3 is 1.97 bits per heavy atom. The average Bonchev–Trinajstić information content (AvgIpc) is 2.96. The Kier molecular flexibility index (Phi) is 5.41. The Labute approximate surface area is 163 Å². The fourth-order valence-corrected chi connectivity index (χ4v) is 2.86. The maximum Gasteiger partial charge on any atom is 0.255 e. The van der Waals surface area contributed by atoms with Crippen LogP contribution in [0.1, 0.15) is 32.9 Å². The molecule has 1 heterocycles. The van der Waals surface area contributed by atoms with Gasteiger partial charge in [0, 0.05) is 5.56 Å². The van der Waals surface area contributed by atoms with Crippen LogP contribution in [0.2, 0.25) is 0 Å². The predicted molar refractivity (Wildman–Crippen MR) is 96.2 cm³/mol. The van der Waals surface area contributed by atoms with Gasteiger partial charge in [-0.3, -0.25) is 9.48 Å². The van der Waals surface area contributed by atoms with Gasteiger partial charge in [-0.05, 0) is 32.9 Å². The number of benzene rings is 2. The molecule has 1 N–H and O–H groups in total. The number of amides is 1. The SMILES string of the molecule is Cc1ccc(C(=O)Nc2c(C)nn(Cc3c(F)c(F)c(F)c(F)c3F)c2C)cc1. The van der Waals surface area contributed by atoms with E-state index in [4.69, 9.17) is 0 Å². The van der Waals surface area contributed by atoms with E-state index in [1.165, 1.54) is 6.92 Å². The Morgan fingerprint density at radius 1 is 0.897 bits per heavy atom. The van der Waals surface area contributed by atoms with Crippen molar-refractivity contribution in [3.63, 3.8) is 0 Å². The van der Waals surface area contributed by atoms with Crippen molar-refractivity contribution in [1.29, 1.82) is 0 Å². The van der Waals surface area contributed by atoms with E-state index in [-0.39, 0.29) is 0 Å². The van der Waals surface area contributed by atoms with Gasteiger partial charge in [0.25, 0.3) is 5.91 Å². The summed E-state index contributed by atoms with van der Waals surface area (Å²) in [5.74, 6) is -10.5. The van der Waals surface area contributed by atoms with Crippen LogP contribution in [0.3, 0.4) is 0 Å². The summed E-state index contributed by atoms with van der Waals surface area (Å²) in [5, 5.41) is 6.72. The van der Waals surface area contributed by atoms with E-state index < -0.39 is 47.1 Å². The second-order valence-electron chi connectivity index (χ2n) is 6.57. The first-order valence-corrected chi connectivity index (χ1v) is 8.54. The third-order valence-electron chi connectivity index (χ3n) is 4.54. The highest BCUT2D eigenvalue weighted by atomic mass is 19.2. The van der Waals surface area contributed by atoms with E-state index in [1.54, 1.807) is 31.2 Å². The van der Waals surface area contributed by atoms with E-state index in [9.17, 15) is 26.7 Å². The molecule has 0 atom stereocenters. The van der Waals surface area contributed by atoms with Crippen molar-refractivity contribution in [1.82, 2.24) is 9.78 Å². The van der Waals surface area contributed by atoms with Crippen LogP contribution in [0.4, 0.5) is 27.6 Å². The van der Waals surface area contributed by atoms with Crippen LogP contribution >= 0.6 is 0 Å². The number of carbonyl (C=O) groups is 1. The molecule has 2 aromatic carbocycles. The van der Waals surface area contributed by atoms with Crippen LogP contribution in [0, 0.1) is 49.9 Å². The molecule has 152 valence electrons. The highest BCUT2D eigenvalue weighted by molar-refractivity contribution is 6.04. The zero-order chi connectivity index (χ0) is 21.5. The zero-order valence-corrected chi connectivity index (χ0v) is 15.7. The van der Waals surface area contributed by atoms with Crippen molar-refractivity contribution in [2.45, 2.75) is 27.3 Å². The molecule has 3 rings (SSSR count). The number of hydrogen-bond donors (Lipinski definition) is 1. The van der Waals surface area contributed by atoms with Gasteiger partial charge in [0.05, 0.1) is 29.2 Å². The Bertz CT molecular complexity index is 1080. The van der Waals surface area contributed by atoms with Crippen molar-refractivity contribution in [3.05, 3.63) is 81.4 Å². The number of nitrogens with zero attached hydrogens (tertiary/aromatic N) is 2. The maximum atomic E-state index is 14.0. The topological polar surface area (TPSA) is 46.9 Å². The van der Waals surface area contributed by atoms with Gasteiger partial charge in [-0.15, -0.1) is 0 Å². The predicted octanol–water partition coefficient (Wildman–Crippen LogP) is 4.80. The first-order valence-electron chi connectivity index (χ1n) is 8.54. The van der Waals surface area contributed by atoms with E-state index in [1.807, 2.05) is 6.92 Å². The van der Waals surface area contributed by atoms with Crippen LogP contribution in [-0.2, 0) is 6.54 Å². The third-order valence-corrected chi connectivity index (χ3v) is 4.54. The number of aryl methyl sites for hydroxylation is 2. The number of anilines is 1. The number of carbonyl (C=O) groups excluding carboxylic acids is 1. The molecule has 0 unspecified atom stereocenters. The summed E-state index contributed by atoms with van der Waals surface area (Å²) in [5.41, 5.74) is 1.27. The van der Waals surface area contributed by atoms with E-state index in [0.717, 1.165) is 10.2 Å². The van der Waals surface area contributed by atoms with E-state index >= 15 is 0 Å². The maximum absolute atomic E-state index is 14.0. The van der Waals surface area contributed by atoms with Gasteiger partial charge < -0.3 is 5.32 Å². The molecular formula is C20H16F5N3O. The van der Waals surface area contributed by atoms with Crippen LogP contribution in [0.5, 0.6) is 0 Å². The molecule has 0 aliphatic carbocycles. The van der Waals surface area contributed by atoms with Crippen LogP contribution in [0.15, 0.2) is 24.3 Å². The molecule has 29 heavy (non-hydrogen) atoms. The van der Waals surface area contributed by atoms with Gasteiger partial charge >= 0.3 is 0 Å². The summed E-state index contributed by atoms with van der Waals surface area (Å²) in [6.07, 6.45) is 0. The lowest BCUT2D eigenvalue weighted by Crippen LogP contribution is -2.14. The molecule has 1 amide bonds. The van der Waals surface area contributed by atoms with Crippen LogP contribution < -0.4 is 5.32 Å². The number of rotatable bonds is 4. The van der Waals surface area contributed by atoms with Gasteiger partial charge in [-0.25, -0.2) is 22.0 Å². The molecule has 0 aliphatic heterocycles. The highest BCUT2D eigenvalue weighted by Crippen LogP contribution is 2.26. The van der Waals surface area contributed by atoms with Crippen molar-refractivity contribution in [2.24, 2.45) is 0 Å². The largest absolute Gasteiger partial charge is 0.319 e. The molecule has 0 saturated heterocycles. The van der Waals surface area contributed by atoms with Gasteiger partial charge in [0.2, 0.25) is 5.82 Å². The monoisotopic (exact) mass is 409 g/mol. The van der Waals surface area contributed by atoms with Gasteiger partial charge in [0.15, 0.2) is 23.3 Å². The Hall–Kier alpha value is -3.23. The van der Waals surface area contributed by atoms with Gasteiger partial charge in [0.1, 0.15) is 0 Å². The number of nitrogens with one attached hydrogen (secondary N) is 1. The fraction of sp³-hybridized carbons (Fsp3) is 0.200. The van der Waals surface area contributed by atoms with Crippen molar-refractivity contribution >= 4 is 11.6 Å². The molecule has 0 bridgehead atoms. The minimum Gasteiger partial charge on any atom is -0.319 e. The minimum absolute atomic E-state index is 0.291. The third kappa shape index (κ3) is 3.72. The molecule has 0 spiro atoms. The Morgan fingerprint density at radius 2 is 1.41 bits per heavy atom. The summed E-state index contributed by atoms with van der Waals surface area (Å²) >= 11 is 0. The lowest BCUT2D eigenvalue weighted by atomic mass is 10.1. The smallest absolute Gasteiger partial charge is 0.255 e. The standard InChI is InChI=1S/C20H16F5N3O/c1-9-4-6-12(7-5-9)20(29)26-19-10(2)27-28(11(19)3)8-13-14(21)16(23)18(25)17(24)15(13)22/h4-7H,8H2,1-3H3,(H,26,29). The van der Waals surface area contributed by atoms with Gasteiger partial charge in [-0.2, -0.15) is 5.10 Å².